The number of allylic oxidation sites excluding steroid dienone is 1. The van der Waals surface area contributed by atoms with Gasteiger partial charge in [-0.2, -0.15) is 0 Å². The van der Waals surface area contributed by atoms with E-state index in [0.717, 1.165) is 11.3 Å². The summed E-state index contributed by atoms with van der Waals surface area (Å²) in [5.74, 6) is 1.22. The maximum atomic E-state index is 11.8. The van der Waals surface area contributed by atoms with Crippen molar-refractivity contribution in [1.29, 1.82) is 0 Å². The van der Waals surface area contributed by atoms with Gasteiger partial charge in [0.15, 0.2) is 5.78 Å². The SMILES string of the molecule is O=C(c1ccccc1)C1C=CSC1. The number of ketones is 1. The standard InChI is InChI=1S/C11H10OS/c12-11(10-6-7-13-8-10)9-4-2-1-3-5-9/h1-7,10H,8H2. The number of hydrogen-bond donors (Lipinski definition) is 0. The van der Waals surface area contributed by atoms with Crippen molar-refractivity contribution in [3.8, 4) is 0 Å². The normalized spacial score (nSPS) is 20.5. The van der Waals surface area contributed by atoms with Crippen LogP contribution in [0.15, 0.2) is 41.8 Å². The largest absolute Gasteiger partial charge is 0.293 e. The van der Waals surface area contributed by atoms with Gasteiger partial charge in [0.05, 0.1) is 5.92 Å². The summed E-state index contributed by atoms with van der Waals surface area (Å²) in [5.41, 5.74) is 0.819. The summed E-state index contributed by atoms with van der Waals surface area (Å²) in [6, 6.07) is 9.48. The number of carbonyl (C=O) groups is 1. The number of rotatable bonds is 2. The minimum atomic E-state index is 0.0902. The monoisotopic (exact) mass is 190 g/mol. The minimum Gasteiger partial charge on any atom is -0.293 e. The third-order valence-corrected chi connectivity index (χ3v) is 2.98. The van der Waals surface area contributed by atoms with Crippen molar-refractivity contribution in [3.63, 3.8) is 0 Å². The molecule has 1 unspecified atom stereocenters. The molecule has 1 heterocycles. The van der Waals surface area contributed by atoms with E-state index in [2.05, 4.69) is 0 Å². The molecule has 0 saturated carbocycles. The van der Waals surface area contributed by atoms with Crippen LogP contribution >= 0.6 is 11.8 Å². The predicted octanol–water partition coefficient (Wildman–Crippen LogP) is 2.75. The summed E-state index contributed by atoms with van der Waals surface area (Å²) in [4.78, 5) is 11.8. The molecule has 1 aromatic carbocycles. The number of thioether (sulfide) groups is 1. The lowest BCUT2D eigenvalue weighted by Gasteiger charge is -2.04. The van der Waals surface area contributed by atoms with Gasteiger partial charge in [-0.05, 0) is 5.41 Å². The van der Waals surface area contributed by atoms with Gasteiger partial charge in [-0.25, -0.2) is 0 Å². The first kappa shape index (κ1) is 8.57. The van der Waals surface area contributed by atoms with Crippen LogP contribution in [0.2, 0.25) is 0 Å². The van der Waals surface area contributed by atoms with E-state index in [1.54, 1.807) is 11.8 Å². The summed E-state index contributed by atoms with van der Waals surface area (Å²) >= 11 is 1.70. The minimum absolute atomic E-state index is 0.0902. The second-order valence-corrected chi connectivity index (χ2v) is 3.94. The van der Waals surface area contributed by atoms with Crippen molar-refractivity contribution in [3.05, 3.63) is 47.4 Å². The average Bonchev–Trinajstić information content (AvgIpc) is 2.71. The summed E-state index contributed by atoms with van der Waals surface area (Å²) in [6.45, 7) is 0. The second kappa shape index (κ2) is 3.79. The van der Waals surface area contributed by atoms with Crippen LogP contribution in [0.25, 0.3) is 0 Å². The molecule has 1 aromatic rings. The van der Waals surface area contributed by atoms with Gasteiger partial charge in [-0.3, -0.25) is 4.79 Å². The van der Waals surface area contributed by atoms with Gasteiger partial charge in [0, 0.05) is 11.3 Å². The zero-order valence-corrected chi connectivity index (χ0v) is 7.96. The Morgan fingerprint density at radius 3 is 2.69 bits per heavy atom. The lowest BCUT2D eigenvalue weighted by molar-refractivity contribution is 0.0956. The highest BCUT2D eigenvalue weighted by atomic mass is 32.2. The van der Waals surface area contributed by atoms with Gasteiger partial charge in [-0.1, -0.05) is 36.4 Å². The Morgan fingerprint density at radius 1 is 1.31 bits per heavy atom. The van der Waals surface area contributed by atoms with Gasteiger partial charge < -0.3 is 0 Å². The van der Waals surface area contributed by atoms with E-state index in [4.69, 9.17) is 0 Å². The zero-order chi connectivity index (χ0) is 9.10. The van der Waals surface area contributed by atoms with Gasteiger partial charge >= 0.3 is 0 Å². The van der Waals surface area contributed by atoms with Gasteiger partial charge in [0.25, 0.3) is 0 Å². The van der Waals surface area contributed by atoms with Crippen molar-refractivity contribution < 1.29 is 4.79 Å². The summed E-state index contributed by atoms with van der Waals surface area (Å²) < 4.78 is 0. The Bertz CT molecular complexity index is 329. The molecule has 0 bridgehead atoms. The van der Waals surface area contributed by atoms with Crippen LogP contribution in [-0.4, -0.2) is 11.5 Å². The van der Waals surface area contributed by atoms with Crippen molar-refractivity contribution >= 4 is 17.5 Å². The quantitative estimate of drug-likeness (QED) is 0.667. The van der Waals surface area contributed by atoms with Gasteiger partial charge in [0.1, 0.15) is 0 Å². The first-order valence-electron chi connectivity index (χ1n) is 4.25. The average molecular weight is 190 g/mol. The molecular formula is C11H10OS. The molecule has 0 amide bonds. The highest BCUT2D eigenvalue weighted by molar-refractivity contribution is 8.02. The molecule has 1 aliphatic heterocycles. The highest BCUT2D eigenvalue weighted by Crippen LogP contribution is 2.23. The summed E-state index contributed by atoms with van der Waals surface area (Å²) in [6.07, 6.45) is 1.99. The fourth-order valence-electron chi connectivity index (χ4n) is 1.34. The van der Waals surface area contributed by atoms with Gasteiger partial charge in [0.2, 0.25) is 0 Å². The van der Waals surface area contributed by atoms with E-state index in [1.165, 1.54) is 0 Å². The van der Waals surface area contributed by atoms with Crippen LogP contribution in [0, 0.1) is 5.92 Å². The zero-order valence-electron chi connectivity index (χ0n) is 7.14. The van der Waals surface area contributed by atoms with E-state index in [1.807, 2.05) is 41.8 Å². The third kappa shape index (κ3) is 1.83. The fraction of sp³-hybridized carbons (Fsp3) is 0.182. The smallest absolute Gasteiger partial charge is 0.170 e. The van der Waals surface area contributed by atoms with Crippen LogP contribution in [0.3, 0.4) is 0 Å². The maximum absolute atomic E-state index is 11.8. The van der Waals surface area contributed by atoms with Crippen molar-refractivity contribution in [2.24, 2.45) is 5.92 Å². The molecule has 0 radical (unpaired) electrons. The summed E-state index contributed by atoms with van der Waals surface area (Å²) in [7, 11) is 0. The Labute approximate surface area is 81.8 Å². The van der Waals surface area contributed by atoms with Crippen LogP contribution in [0.4, 0.5) is 0 Å². The lowest BCUT2D eigenvalue weighted by Crippen LogP contribution is -2.12. The maximum Gasteiger partial charge on any atom is 0.170 e. The number of Topliss-reactive ketones (excluding diaryl/α,β-unsaturated/α-hetero) is 1. The highest BCUT2D eigenvalue weighted by Gasteiger charge is 2.19. The van der Waals surface area contributed by atoms with Crippen LogP contribution < -0.4 is 0 Å². The molecule has 2 rings (SSSR count). The Hall–Kier alpha value is -1.02. The van der Waals surface area contributed by atoms with E-state index < -0.39 is 0 Å². The Morgan fingerprint density at radius 2 is 2.08 bits per heavy atom. The topological polar surface area (TPSA) is 17.1 Å². The molecule has 1 atom stereocenters. The molecule has 13 heavy (non-hydrogen) atoms. The Kier molecular flexibility index (Phi) is 2.50. The molecule has 2 heteroatoms. The Balaban J connectivity index is 2.18. The number of hydrogen-bond acceptors (Lipinski definition) is 2. The van der Waals surface area contributed by atoms with Gasteiger partial charge in [-0.15, -0.1) is 11.8 Å². The molecule has 66 valence electrons. The molecular weight excluding hydrogens is 180 g/mol. The second-order valence-electron chi connectivity index (χ2n) is 3.00. The van der Waals surface area contributed by atoms with Crippen molar-refractivity contribution in [2.75, 3.05) is 5.75 Å². The first-order chi connectivity index (χ1) is 6.38. The van der Waals surface area contributed by atoms with E-state index >= 15 is 0 Å². The fourth-order valence-corrected chi connectivity index (χ4v) is 2.23. The van der Waals surface area contributed by atoms with Crippen LogP contribution in [-0.2, 0) is 0 Å². The first-order valence-corrected chi connectivity index (χ1v) is 5.30. The van der Waals surface area contributed by atoms with E-state index in [-0.39, 0.29) is 11.7 Å². The van der Waals surface area contributed by atoms with E-state index in [9.17, 15) is 4.79 Å². The molecule has 0 spiro atoms. The summed E-state index contributed by atoms with van der Waals surface area (Å²) in [5, 5.41) is 2.01. The number of carbonyl (C=O) groups excluding carboxylic acids is 1. The molecule has 0 fully saturated rings. The lowest BCUT2D eigenvalue weighted by atomic mass is 10.00. The third-order valence-electron chi connectivity index (χ3n) is 2.08. The predicted molar refractivity (Wildman–Crippen MR) is 55.9 cm³/mol. The van der Waals surface area contributed by atoms with Crippen molar-refractivity contribution in [1.82, 2.24) is 0 Å². The molecule has 1 nitrogen and oxygen atoms in total. The van der Waals surface area contributed by atoms with Crippen molar-refractivity contribution in [2.45, 2.75) is 0 Å². The molecule has 0 N–H and O–H groups in total. The van der Waals surface area contributed by atoms with Crippen LogP contribution in [0.5, 0.6) is 0 Å². The van der Waals surface area contributed by atoms with Crippen LogP contribution in [0.1, 0.15) is 10.4 Å². The molecule has 1 aliphatic rings. The molecule has 0 saturated heterocycles. The van der Waals surface area contributed by atoms with E-state index in [0.29, 0.717) is 0 Å². The molecule has 0 aromatic heterocycles. The number of benzene rings is 1. The molecule has 0 aliphatic carbocycles.